The third-order valence-electron chi connectivity index (χ3n) is 0.861. The summed E-state index contributed by atoms with van der Waals surface area (Å²) in [6, 6.07) is 9.85. The molecule has 0 atom stereocenters. The summed E-state index contributed by atoms with van der Waals surface area (Å²) in [5.41, 5.74) is 0. The summed E-state index contributed by atoms with van der Waals surface area (Å²) in [7, 11) is 0. The van der Waals surface area contributed by atoms with E-state index in [1.54, 1.807) is 0 Å². The molecule has 8 heavy (non-hydrogen) atoms. The Morgan fingerprint density at radius 3 is 2.12 bits per heavy atom. The van der Waals surface area contributed by atoms with Gasteiger partial charge in [0.2, 0.25) is 0 Å². The Morgan fingerprint density at radius 1 is 1.12 bits per heavy atom. The summed E-state index contributed by atoms with van der Waals surface area (Å²) in [5.74, 6) is 0. The Kier molecular flexibility index (Phi) is 1.95. The molecular formula is C6H6NSe. The molecule has 0 spiro atoms. The van der Waals surface area contributed by atoms with Gasteiger partial charge in [0, 0.05) is 0 Å². The molecular weight excluding hydrogens is 165 g/mol. The molecule has 0 amide bonds. The van der Waals surface area contributed by atoms with E-state index in [1.165, 1.54) is 0 Å². The summed E-state index contributed by atoms with van der Waals surface area (Å²) in [6.07, 6.45) is 0. The zero-order valence-electron chi connectivity index (χ0n) is 4.29. The number of benzene rings is 1. The van der Waals surface area contributed by atoms with E-state index in [0.29, 0.717) is 0 Å². The van der Waals surface area contributed by atoms with Gasteiger partial charge < -0.3 is 0 Å². The molecule has 0 unspecified atom stereocenters. The first-order valence-electron chi connectivity index (χ1n) is 2.32. The molecule has 1 radical (unpaired) electrons. The zero-order chi connectivity index (χ0) is 5.82. The van der Waals surface area contributed by atoms with Crippen molar-refractivity contribution in [1.82, 2.24) is 0 Å². The second kappa shape index (κ2) is 2.75. The monoisotopic (exact) mass is 172 g/mol. The summed E-state index contributed by atoms with van der Waals surface area (Å²) < 4.78 is 8.15. The van der Waals surface area contributed by atoms with Crippen molar-refractivity contribution in [3.05, 3.63) is 30.3 Å². The van der Waals surface area contributed by atoms with Gasteiger partial charge in [-0.25, -0.2) is 0 Å². The molecule has 1 rings (SSSR count). The van der Waals surface area contributed by atoms with E-state index < -0.39 is 0 Å². The summed E-state index contributed by atoms with van der Waals surface area (Å²) in [5, 5.41) is 0. The van der Waals surface area contributed by atoms with Crippen molar-refractivity contribution in [2.75, 3.05) is 0 Å². The van der Waals surface area contributed by atoms with Crippen molar-refractivity contribution in [3.8, 4) is 0 Å². The van der Waals surface area contributed by atoms with E-state index >= 15 is 0 Å². The molecule has 0 aliphatic heterocycles. The molecule has 0 aromatic heterocycles. The van der Waals surface area contributed by atoms with Gasteiger partial charge in [0.15, 0.2) is 0 Å². The number of hydrogen-bond donors (Lipinski definition) is 1. The summed E-state index contributed by atoms with van der Waals surface area (Å²) in [6.45, 7) is 0. The third-order valence-corrected chi connectivity index (χ3v) is 1.93. The van der Waals surface area contributed by atoms with Crippen LogP contribution in [0.3, 0.4) is 0 Å². The second-order valence-corrected chi connectivity index (χ2v) is 2.83. The minimum atomic E-state index is -0.0821. The van der Waals surface area contributed by atoms with Crippen molar-refractivity contribution in [3.63, 3.8) is 0 Å². The molecule has 1 N–H and O–H groups in total. The SMILES string of the molecule is N=[Se]c1ccccc1. The molecule has 0 saturated heterocycles. The number of rotatable bonds is 1. The van der Waals surface area contributed by atoms with Gasteiger partial charge in [0.05, 0.1) is 0 Å². The van der Waals surface area contributed by atoms with Crippen molar-refractivity contribution >= 4 is 19.2 Å². The Labute approximate surface area is 54.5 Å². The molecule has 2 heteroatoms. The molecule has 0 heterocycles. The number of hydrogen-bond acceptors (Lipinski definition) is 1. The van der Waals surface area contributed by atoms with Crippen molar-refractivity contribution in [2.45, 2.75) is 0 Å². The van der Waals surface area contributed by atoms with E-state index in [0.717, 1.165) is 4.46 Å². The van der Waals surface area contributed by atoms with E-state index in [2.05, 4.69) is 0 Å². The molecule has 1 aromatic carbocycles. The fraction of sp³-hybridized carbons (Fsp3) is 0. The Hall–Kier alpha value is -0.461. The van der Waals surface area contributed by atoms with Crippen LogP contribution in [0.4, 0.5) is 0 Å². The first kappa shape index (κ1) is 5.67. The van der Waals surface area contributed by atoms with Gasteiger partial charge in [0.25, 0.3) is 0 Å². The molecule has 0 saturated carbocycles. The second-order valence-electron chi connectivity index (χ2n) is 1.42. The molecule has 41 valence electrons. The van der Waals surface area contributed by atoms with Crippen LogP contribution in [0.2, 0.25) is 0 Å². The minimum absolute atomic E-state index is 0.0821. The maximum absolute atomic E-state index is 7.01. The maximum atomic E-state index is 7.01. The molecule has 1 nitrogen and oxygen atoms in total. The average Bonchev–Trinajstić information content (AvgIpc) is 1.90. The Balaban J connectivity index is 2.99. The van der Waals surface area contributed by atoms with Crippen LogP contribution < -0.4 is 4.46 Å². The Morgan fingerprint density at radius 2 is 1.75 bits per heavy atom. The molecule has 0 bridgehead atoms. The van der Waals surface area contributed by atoms with Crippen LogP contribution in [0.5, 0.6) is 0 Å². The van der Waals surface area contributed by atoms with Crippen LogP contribution in [0.1, 0.15) is 0 Å². The average molecular weight is 171 g/mol. The van der Waals surface area contributed by atoms with Crippen LogP contribution in [-0.4, -0.2) is 14.8 Å². The van der Waals surface area contributed by atoms with Gasteiger partial charge in [0.1, 0.15) is 0 Å². The Bertz CT molecular complexity index is 171. The van der Waals surface area contributed by atoms with Gasteiger partial charge >= 0.3 is 53.9 Å². The van der Waals surface area contributed by atoms with E-state index in [4.69, 9.17) is 4.38 Å². The summed E-state index contributed by atoms with van der Waals surface area (Å²) >= 11 is -0.0821. The van der Waals surface area contributed by atoms with Crippen LogP contribution in [0, 0.1) is 4.38 Å². The molecule has 0 aliphatic rings. The topological polar surface area (TPSA) is 23.9 Å². The van der Waals surface area contributed by atoms with Crippen LogP contribution in [0.15, 0.2) is 30.3 Å². The predicted molar refractivity (Wildman–Crippen MR) is 34.5 cm³/mol. The van der Waals surface area contributed by atoms with Crippen molar-refractivity contribution in [2.24, 2.45) is 0 Å². The van der Waals surface area contributed by atoms with Crippen molar-refractivity contribution in [1.29, 1.82) is 4.38 Å². The van der Waals surface area contributed by atoms with Crippen LogP contribution >= 0.6 is 0 Å². The van der Waals surface area contributed by atoms with Gasteiger partial charge in [-0.05, 0) is 0 Å². The fourth-order valence-electron chi connectivity index (χ4n) is 0.489. The third kappa shape index (κ3) is 1.25. The van der Waals surface area contributed by atoms with Crippen LogP contribution in [0.25, 0.3) is 0 Å². The zero-order valence-corrected chi connectivity index (χ0v) is 6.01. The van der Waals surface area contributed by atoms with Crippen molar-refractivity contribution < 1.29 is 0 Å². The van der Waals surface area contributed by atoms with Gasteiger partial charge in [-0.15, -0.1) is 0 Å². The van der Waals surface area contributed by atoms with E-state index in [1.807, 2.05) is 30.3 Å². The normalized spacial score (nSPS) is 8.50. The number of nitrogens with one attached hydrogen (secondary N) is 1. The fourth-order valence-corrected chi connectivity index (χ4v) is 1.10. The van der Waals surface area contributed by atoms with Gasteiger partial charge in [-0.1, -0.05) is 0 Å². The van der Waals surface area contributed by atoms with Gasteiger partial charge in [-0.3, -0.25) is 0 Å². The van der Waals surface area contributed by atoms with Crippen LogP contribution in [-0.2, 0) is 0 Å². The van der Waals surface area contributed by atoms with Gasteiger partial charge in [-0.2, -0.15) is 0 Å². The van der Waals surface area contributed by atoms with E-state index in [9.17, 15) is 0 Å². The van der Waals surface area contributed by atoms with E-state index in [-0.39, 0.29) is 14.8 Å². The quantitative estimate of drug-likeness (QED) is 0.603. The first-order chi connectivity index (χ1) is 3.93. The predicted octanol–water partition coefficient (Wildman–Crippen LogP) is 0.778. The summed E-state index contributed by atoms with van der Waals surface area (Å²) in [4.78, 5) is 0. The first-order valence-corrected chi connectivity index (χ1v) is 4.03. The molecule has 0 aliphatic carbocycles. The molecule has 1 aromatic rings. The standard InChI is InChI=1S/C6H6NSe/c7-8-6-4-2-1-3-5-6/h1-5,7H. The molecule has 0 fully saturated rings.